The number of nitro benzene ring substituents is 1. The van der Waals surface area contributed by atoms with Crippen molar-refractivity contribution in [1.82, 2.24) is 4.57 Å². The Hall–Kier alpha value is -4.17. The van der Waals surface area contributed by atoms with E-state index in [0.29, 0.717) is 17.7 Å². The van der Waals surface area contributed by atoms with E-state index < -0.39 is 4.92 Å². The Balaban J connectivity index is 1.78. The van der Waals surface area contributed by atoms with Crippen LogP contribution in [0.3, 0.4) is 0 Å². The molecule has 5 nitrogen and oxygen atoms in total. The summed E-state index contributed by atoms with van der Waals surface area (Å²) in [5.41, 5.74) is 5.27. The lowest BCUT2D eigenvalue weighted by Gasteiger charge is -2.06. The van der Waals surface area contributed by atoms with Crippen molar-refractivity contribution in [1.29, 1.82) is 5.26 Å². The number of rotatable bonds is 5. The third-order valence-electron chi connectivity index (χ3n) is 5.08. The standard InChI is InChI=1S/C25H19N3O2/c1-18-9-11-19(12-10-18)16-27-17-22(24-7-2-3-8-25(24)27)13-21(15-26)20-5-4-6-23(14-20)28(29)30/h2-14,17H,16H2,1H3. The van der Waals surface area contributed by atoms with Gasteiger partial charge >= 0.3 is 0 Å². The minimum absolute atomic E-state index is 0.0320. The van der Waals surface area contributed by atoms with Gasteiger partial charge in [-0.1, -0.05) is 60.2 Å². The number of aryl methyl sites for hydroxylation is 1. The molecule has 4 rings (SSSR count). The van der Waals surface area contributed by atoms with Crippen LogP contribution in [0.15, 0.2) is 79.0 Å². The minimum Gasteiger partial charge on any atom is -0.342 e. The molecule has 0 spiro atoms. The molecule has 0 saturated carbocycles. The maximum absolute atomic E-state index is 11.1. The Morgan fingerprint density at radius 3 is 2.60 bits per heavy atom. The zero-order chi connectivity index (χ0) is 21.1. The Morgan fingerprint density at radius 2 is 1.87 bits per heavy atom. The molecule has 146 valence electrons. The molecule has 0 amide bonds. The lowest BCUT2D eigenvalue weighted by Crippen LogP contribution is -1.97. The highest BCUT2D eigenvalue weighted by Gasteiger charge is 2.12. The molecule has 0 aliphatic carbocycles. The summed E-state index contributed by atoms with van der Waals surface area (Å²) in [6, 6.07) is 24.8. The minimum atomic E-state index is -0.452. The maximum atomic E-state index is 11.1. The van der Waals surface area contributed by atoms with Gasteiger partial charge in [0.05, 0.1) is 16.6 Å². The van der Waals surface area contributed by atoms with Crippen LogP contribution in [-0.4, -0.2) is 9.49 Å². The number of allylic oxidation sites excluding steroid dienone is 1. The van der Waals surface area contributed by atoms with Gasteiger partial charge in [0.25, 0.3) is 5.69 Å². The predicted molar refractivity (Wildman–Crippen MR) is 119 cm³/mol. The smallest absolute Gasteiger partial charge is 0.270 e. The summed E-state index contributed by atoms with van der Waals surface area (Å²) in [5.74, 6) is 0. The molecule has 0 bridgehead atoms. The van der Waals surface area contributed by atoms with Crippen LogP contribution in [-0.2, 0) is 6.54 Å². The van der Waals surface area contributed by atoms with E-state index in [0.717, 1.165) is 16.5 Å². The first kappa shape index (κ1) is 19.2. The van der Waals surface area contributed by atoms with Crippen molar-refractivity contribution in [3.05, 3.63) is 111 Å². The maximum Gasteiger partial charge on any atom is 0.270 e. The lowest BCUT2D eigenvalue weighted by molar-refractivity contribution is -0.384. The van der Waals surface area contributed by atoms with Gasteiger partial charge in [0.1, 0.15) is 0 Å². The number of nitrogens with zero attached hydrogens (tertiary/aromatic N) is 3. The second kappa shape index (κ2) is 8.06. The zero-order valence-corrected chi connectivity index (χ0v) is 16.4. The second-order valence-electron chi connectivity index (χ2n) is 7.19. The molecule has 0 aliphatic heterocycles. The molecular weight excluding hydrogens is 374 g/mol. The third kappa shape index (κ3) is 3.85. The van der Waals surface area contributed by atoms with E-state index in [2.05, 4.69) is 47.9 Å². The topological polar surface area (TPSA) is 71.9 Å². The summed E-state index contributed by atoms with van der Waals surface area (Å²) < 4.78 is 2.16. The molecule has 1 aromatic heterocycles. The molecule has 0 radical (unpaired) electrons. The van der Waals surface area contributed by atoms with E-state index >= 15 is 0 Å². The quantitative estimate of drug-likeness (QED) is 0.238. The van der Waals surface area contributed by atoms with Crippen molar-refractivity contribution in [3.8, 4) is 6.07 Å². The monoisotopic (exact) mass is 393 g/mol. The van der Waals surface area contributed by atoms with E-state index in [-0.39, 0.29) is 5.69 Å². The molecular formula is C25H19N3O2. The van der Waals surface area contributed by atoms with E-state index in [1.807, 2.05) is 24.4 Å². The highest BCUT2D eigenvalue weighted by atomic mass is 16.6. The molecule has 0 aliphatic rings. The van der Waals surface area contributed by atoms with E-state index in [4.69, 9.17) is 0 Å². The fraction of sp³-hybridized carbons (Fsp3) is 0.0800. The molecule has 0 saturated heterocycles. The summed E-state index contributed by atoms with van der Waals surface area (Å²) in [5, 5.41) is 21.8. The fourth-order valence-corrected chi connectivity index (χ4v) is 3.53. The van der Waals surface area contributed by atoms with Gasteiger partial charge in [0, 0.05) is 41.3 Å². The average Bonchev–Trinajstić information content (AvgIpc) is 3.11. The number of fused-ring (bicyclic) bond motifs is 1. The van der Waals surface area contributed by atoms with Crippen LogP contribution < -0.4 is 0 Å². The van der Waals surface area contributed by atoms with Gasteiger partial charge in [0.15, 0.2) is 0 Å². The summed E-state index contributed by atoms with van der Waals surface area (Å²) in [6.45, 7) is 2.78. The molecule has 0 unspecified atom stereocenters. The predicted octanol–water partition coefficient (Wildman–Crippen LogP) is 5.97. The van der Waals surface area contributed by atoms with Crippen LogP contribution in [0.4, 0.5) is 5.69 Å². The normalized spacial score (nSPS) is 11.4. The summed E-state index contributed by atoms with van der Waals surface area (Å²) in [6.07, 6.45) is 3.83. The van der Waals surface area contributed by atoms with E-state index in [9.17, 15) is 15.4 Å². The molecule has 0 fully saturated rings. The molecule has 0 atom stereocenters. The summed E-state index contributed by atoms with van der Waals surface area (Å²) >= 11 is 0. The van der Waals surface area contributed by atoms with Crippen LogP contribution in [0.5, 0.6) is 0 Å². The van der Waals surface area contributed by atoms with Crippen molar-refractivity contribution in [2.75, 3.05) is 0 Å². The van der Waals surface area contributed by atoms with Gasteiger partial charge in [-0.25, -0.2) is 0 Å². The molecule has 4 aromatic rings. The number of nitriles is 1. The van der Waals surface area contributed by atoms with Crippen molar-refractivity contribution in [2.24, 2.45) is 0 Å². The van der Waals surface area contributed by atoms with E-state index in [1.54, 1.807) is 18.2 Å². The van der Waals surface area contributed by atoms with Crippen LogP contribution in [0.2, 0.25) is 0 Å². The number of para-hydroxylation sites is 1. The number of nitro groups is 1. The van der Waals surface area contributed by atoms with Gasteiger partial charge in [-0.3, -0.25) is 10.1 Å². The molecule has 0 N–H and O–H groups in total. The highest BCUT2D eigenvalue weighted by Crippen LogP contribution is 2.28. The number of hydrogen-bond acceptors (Lipinski definition) is 3. The Morgan fingerprint density at radius 1 is 1.10 bits per heavy atom. The van der Waals surface area contributed by atoms with Crippen molar-refractivity contribution < 1.29 is 4.92 Å². The van der Waals surface area contributed by atoms with Crippen molar-refractivity contribution in [2.45, 2.75) is 13.5 Å². The lowest BCUT2D eigenvalue weighted by atomic mass is 10.0. The largest absolute Gasteiger partial charge is 0.342 e. The number of hydrogen-bond donors (Lipinski definition) is 0. The van der Waals surface area contributed by atoms with Gasteiger partial charge < -0.3 is 4.57 Å². The molecule has 5 heteroatoms. The summed E-state index contributed by atoms with van der Waals surface area (Å²) in [4.78, 5) is 10.6. The average molecular weight is 393 g/mol. The molecule has 3 aromatic carbocycles. The third-order valence-corrected chi connectivity index (χ3v) is 5.08. The number of non-ortho nitro benzene ring substituents is 1. The Bertz CT molecular complexity index is 1310. The van der Waals surface area contributed by atoms with E-state index in [1.165, 1.54) is 23.3 Å². The summed E-state index contributed by atoms with van der Waals surface area (Å²) in [7, 11) is 0. The zero-order valence-electron chi connectivity index (χ0n) is 16.4. The molecule has 30 heavy (non-hydrogen) atoms. The van der Waals surface area contributed by atoms with Crippen LogP contribution in [0.1, 0.15) is 22.3 Å². The first-order valence-corrected chi connectivity index (χ1v) is 9.55. The molecule has 1 heterocycles. The van der Waals surface area contributed by atoms with Crippen LogP contribution in [0, 0.1) is 28.4 Å². The van der Waals surface area contributed by atoms with Gasteiger partial charge in [-0.2, -0.15) is 5.26 Å². The van der Waals surface area contributed by atoms with Crippen molar-refractivity contribution >= 4 is 28.2 Å². The SMILES string of the molecule is Cc1ccc(Cn2cc(C=C(C#N)c3cccc([N+](=O)[O-])c3)c3ccccc32)cc1. The van der Waals surface area contributed by atoms with Crippen LogP contribution in [0.25, 0.3) is 22.6 Å². The first-order chi connectivity index (χ1) is 14.5. The van der Waals surface area contributed by atoms with Gasteiger partial charge in [-0.05, 0) is 30.2 Å². The highest BCUT2D eigenvalue weighted by molar-refractivity contribution is 5.98. The van der Waals surface area contributed by atoms with Gasteiger partial charge in [-0.15, -0.1) is 0 Å². The Kier molecular flexibility index (Phi) is 5.15. The fourth-order valence-electron chi connectivity index (χ4n) is 3.53. The number of aromatic nitrogens is 1. The van der Waals surface area contributed by atoms with Crippen molar-refractivity contribution in [3.63, 3.8) is 0 Å². The first-order valence-electron chi connectivity index (χ1n) is 9.55. The number of benzene rings is 3. The second-order valence-corrected chi connectivity index (χ2v) is 7.19. The van der Waals surface area contributed by atoms with Gasteiger partial charge in [0.2, 0.25) is 0 Å². The van der Waals surface area contributed by atoms with Crippen LogP contribution >= 0.6 is 0 Å². The Labute approximate surface area is 174 Å².